The molecule has 0 fully saturated rings. The van der Waals surface area contributed by atoms with Crippen LogP contribution in [0.4, 0.5) is 0 Å². The van der Waals surface area contributed by atoms with Gasteiger partial charge in [0.2, 0.25) is 0 Å². The summed E-state index contributed by atoms with van der Waals surface area (Å²) >= 11 is 0. The molecule has 12 aromatic rings. The van der Waals surface area contributed by atoms with Gasteiger partial charge in [-0.3, -0.25) is 4.57 Å². The van der Waals surface area contributed by atoms with Gasteiger partial charge >= 0.3 is 0 Å². The third kappa shape index (κ3) is 3.76. The molecule has 1 aliphatic rings. The zero-order valence-corrected chi connectivity index (χ0v) is 29.4. The number of hydrogen-bond acceptors (Lipinski definition) is 3. The number of para-hydroxylation sites is 7. The number of hydrogen-bond donors (Lipinski definition) is 0. The predicted molar refractivity (Wildman–Crippen MR) is 225 cm³/mol. The topological polar surface area (TPSA) is 48.8 Å². The van der Waals surface area contributed by atoms with Crippen LogP contribution in [0.3, 0.4) is 0 Å². The molecule has 55 heavy (non-hydrogen) atoms. The van der Waals surface area contributed by atoms with Crippen molar-refractivity contribution in [3.63, 3.8) is 0 Å². The predicted octanol–water partition coefficient (Wildman–Crippen LogP) is 13.0. The van der Waals surface area contributed by atoms with Crippen molar-refractivity contribution in [2.75, 3.05) is 0 Å². The van der Waals surface area contributed by atoms with E-state index in [-0.39, 0.29) is 0 Å². The molecule has 0 atom stereocenters. The van der Waals surface area contributed by atoms with E-state index in [9.17, 15) is 0 Å². The van der Waals surface area contributed by atoms with Gasteiger partial charge in [0, 0.05) is 49.0 Å². The summed E-state index contributed by atoms with van der Waals surface area (Å²) < 4.78 is 11.5. The lowest BCUT2D eigenvalue weighted by Crippen LogP contribution is -2.04. The highest BCUT2D eigenvalue weighted by molar-refractivity contribution is 6.28. The summed E-state index contributed by atoms with van der Waals surface area (Å²) in [6.45, 7) is 0. The molecule has 0 spiro atoms. The lowest BCUT2D eigenvalue weighted by Gasteiger charge is -2.15. The van der Waals surface area contributed by atoms with E-state index < -0.39 is 0 Å². The van der Waals surface area contributed by atoms with E-state index in [4.69, 9.17) is 14.4 Å². The Hall–Kier alpha value is -7.50. The van der Waals surface area contributed by atoms with Gasteiger partial charge in [0.15, 0.2) is 5.82 Å². The Morgan fingerprint density at radius 3 is 1.89 bits per heavy atom. The van der Waals surface area contributed by atoms with Gasteiger partial charge < -0.3 is 8.98 Å². The van der Waals surface area contributed by atoms with E-state index in [0.717, 1.165) is 66.5 Å². The smallest absolute Gasteiger partial charge is 0.165 e. The van der Waals surface area contributed by atoms with Crippen LogP contribution in [0.1, 0.15) is 0 Å². The third-order valence-corrected chi connectivity index (χ3v) is 11.6. The maximum absolute atomic E-state index is 6.65. The maximum Gasteiger partial charge on any atom is 0.165 e. The van der Waals surface area contributed by atoms with Crippen molar-refractivity contribution in [3.8, 4) is 45.0 Å². The van der Waals surface area contributed by atoms with Crippen molar-refractivity contribution in [2.24, 2.45) is 0 Å². The first kappa shape index (κ1) is 29.0. The van der Waals surface area contributed by atoms with E-state index in [0.29, 0.717) is 0 Å². The van der Waals surface area contributed by atoms with Crippen molar-refractivity contribution in [3.05, 3.63) is 170 Å². The number of fused-ring (bicyclic) bond motifs is 16. The molecule has 4 aromatic heterocycles. The molecule has 5 heteroatoms. The van der Waals surface area contributed by atoms with E-state index in [1.54, 1.807) is 0 Å². The van der Waals surface area contributed by atoms with E-state index in [1.165, 1.54) is 55.1 Å². The van der Waals surface area contributed by atoms with Crippen LogP contribution >= 0.6 is 0 Å². The second-order valence-corrected chi connectivity index (χ2v) is 14.5. The molecule has 5 heterocycles. The molecule has 0 N–H and O–H groups in total. The minimum atomic E-state index is 0.762. The Morgan fingerprint density at radius 1 is 0.418 bits per heavy atom. The second-order valence-electron chi connectivity index (χ2n) is 14.5. The van der Waals surface area contributed by atoms with Gasteiger partial charge in [0.05, 0.1) is 38.8 Å². The molecule has 0 saturated carbocycles. The van der Waals surface area contributed by atoms with Crippen molar-refractivity contribution in [1.82, 2.24) is 19.1 Å². The van der Waals surface area contributed by atoms with Crippen LogP contribution in [0.2, 0.25) is 0 Å². The number of benzene rings is 8. The summed E-state index contributed by atoms with van der Waals surface area (Å²) in [6, 6.07) is 60.4. The second kappa shape index (κ2) is 10.6. The molecule has 0 unspecified atom stereocenters. The lowest BCUT2D eigenvalue weighted by atomic mass is 9.91. The van der Waals surface area contributed by atoms with Crippen molar-refractivity contribution in [1.29, 1.82) is 0 Å². The highest BCUT2D eigenvalue weighted by Crippen LogP contribution is 2.52. The molecule has 1 aliphatic heterocycles. The molecule has 0 saturated heterocycles. The SMILES string of the molecule is c1ccc2c(c1)-c1ccccc1-n1c3ccccc3c3cc4c(c-2c31)c1ccccc1n4-c1nc2ccccc2nc1-c1cccc2c1oc1ccccc12. The van der Waals surface area contributed by atoms with Crippen LogP contribution in [0, 0.1) is 0 Å². The minimum Gasteiger partial charge on any atom is -0.455 e. The zero-order chi connectivity index (χ0) is 35.8. The van der Waals surface area contributed by atoms with E-state index >= 15 is 0 Å². The normalized spacial score (nSPS) is 12.4. The first-order chi connectivity index (χ1) is 27.3. The molecular weight excluding hydrogens is 673 g/mol. The van der Waals surface area contributed by atoms with Crippen molar-refractivity contribution < 1.29 is 4.42 Å². The summed E-state index contributed by atoms with van der Waals surface area (Å²) in [7, 11) is 0. The fourth-order valence-corrected chi connectivity index (χ4v) is 9.41. The molecule has 0 amide bonds. The van der Waals surface area contributed by atoms with Gasteiger partial charge in [0.1, 0.15) is 16.9 Å². The lowest BCUT2D eigenvalue weighted by molar-refractivity contribution is 0.669. The Morgan fingerprint density at radius 2 is 1.04 bits per heavy atom. The molecule has 0 radical (unpaired) electrons. The quantitative estimate of drug-likeness (QED) is 0.180. The fraction of sp³-hybridized carbons (Fsp3) is 0. The number of aromatic nitrogens is 4. The van der Waals surface area contributed by atoms with Gasteiger partial charge in [0.25, 0.3) is 0 Å². The number of rotatable bonds is 2. The minimum absolute atomic E-state index is 0.762. The standard InChI is InChI=1S/C50H28N4O/c1-2-18-33-29(14-1)30-15-3-9-24-40(30)53-41-25-10-4-16-31(41)37-28-43-45(46(33)48(37)53)35-19-5-11-26-42(35)54(43)50-47(51-38-22-7-8-23-39(38)52-50)36-21-13-20-34-32-17-6-12-27-44(32)55-49(34)36/h1-28H. The van der Waals surface area contributed by atoms with E-state index in [1.807, 2.05) is 30.3 Å². The third-order valence-electron chi connectivity index (χ3n) is 11.6. The average Bonchev–Trinajstić information content (AvgIpc) is 3.87. The van der Waals surface area contributed by atoms with Gasteiger partial charge in [-0.2, -0.15) is 0 Å². The highest BCUT2D eigenvalue weighted by atomic mass is 16.3. The molecule has 8 aromatic carbocycles. The largest absolute Gasteiger partial charge is 0.455 e. The van der Waals surface area contributed by atoms with Crippen LogP contribution in [-0.2, 0) is 0 Å². The summed E-state index contributed by atoms with van der Waals surface area (Å²) in [6.07, 6.45) is 0. The summed E-state index contributed by atoms with van der Waals surface area (Å²) in [5.41, 5.74) is 15.6. The van der Waals surface area contributed by atoms with Crippen LogP contribution in [0.15, 0.2) is 174 Å². The Bertz CT molecular complexity index is 3620. The number of furan rings is 1. The van der Waals surface area contributed by atoms with Crippen molar-refractivity contribution in [2.45, 2.75) is 0 Å². The number of nitrogens with zero attached hydrogens (tertiary/aromatic N) is 4. The van der Waals surface area contributed by atoms with Gasteiger partial charge in [-0.25, -0.2) is 9.97 Å². The average molecular weight is 701 g/mol. The van der Waals surface area contributed by atoms with Crippen molar-refractivity contribution >= 4 is 76.6 Å². The fourth-order valence-electron chi connectivity index (χ4n) is 9.41. The first-order valence-electron chi connectivity index (χ1n) is 18.7. The Balaban J connectivity index is 1.26. The summed E-state index contributed by atoms with van der Waals surface area (Å²) in [5.74, 6) is 0.762. The van der Waals surface area contributed by atoms with E-state index in [2.05, 4.69) is 149 Å². The van der Waals surface area contributed by atoms with Gasteiger partial charge in [-0.05, 0) is 59.7 Å². The van der Waals surface area contributed by atoms with Crippen LogP contribution < -0.4 is 0 Å². The van der Waals surface area contributed by atoms with Gasteiger partial charge in [-0.1, -0.05) is 121 Å². The Kier molecular flexibility index (Phi) is 5.57. The molecule has 0 bridgehead atoms. The first-order valence-corrected chi connectivity index (χ1v) is 18.7. The Labute approximate surface area is 313 Å². The molecule has 0 aliphatic carbocycles. The molecule has 13 rings (SSSR count). The maximum atomic E-state index is 6.65. The highest BCUT2D eigenvalue weighted by Gasteiger charge is 2.30. The molecule has 5 nitrogen and oxygen atoms in total. The van der Waals surface area contributed by atoms with Crippen LogP contribution in [0.5, 0.6) is 0 Å². The van der Waals surface area contributed by atoms with Gasteiger partial charge in [-0.15, -0.1) is 0 Å². The monoisotopic (exact) mass is 700 g/mol. The summed E-state index contributed by atoms with van der Waals surface area (Å²) in [5, 5.41) is 6.90. The molecular formula is C50H28N4O. The molecule has 254 valence electrons. The summed E-state index contributed by atoms with van der Waals surface area (Å²) in [4.78, 5) is 11.0. The zero-order valence-electron chi connectivity index (χ0n) is 29.4. The van der Waals surface area contributed by atoms with Crippen LogP contribution in [0.25, 0.3) is 122 Å². The van der Waals surface area contributed by atoms with Crippen LogP contribution in [-0.4, -0.2) is 19.1 Å².